The number of rotatable bonds is 5. The third-order valence-corrected chi connectivity index (χ3v) is 3.02. The first kappa shape index (κ1) is 13.5. The van der Waals surface area contributed by atoms with Gasteiger partial charge in [0.15, 0.2) is 0 Å². The lowest BCUT2D eigenvalue weighted by atomic mass is 10.1. The number of nitrogens with zero attached hydrogens (tertiary/aromatic N) is 1. The van der Waals surface area contributed by atoms with Crippen molar-refractivity contribution in [2.45, 2.75) is 13.0 Å². The van der Waals surface area contributed by atoms with Crippen LogP contribution in [0.1, 0.15) is 24.1 Å². The quantitative estimate of drug-likeness (QED) is 0.741. The molecule has 0 aliphatic carbocycles. The molecule has 0 N–H and O–H groups in total. The fourth-order valence-corrected chi connectivity index (χ4v) is 2.00. The molecule has 0 spiro atoms. The maximum atomic E-state index is 5.26. The number of ether oxygens (including phenoxy) is 1. The summed E-state index contributed by atoms with van der Waals surface area (Å²) >= 11 is 0. The fraction of sp³-hybridized carbons (Fsp3) is 0.235. The van der Waals surface area contributed by atoms with Crippen molar-refractivity contribution in [1.82, 2.24) is 0 Å². The van der Waals surface area contributed by atoms with Crippen molar-refractivity contribution in [1.29, 1.82) is 0 Å². The molecule has 0 aromatic heterocycles. The zero-order valence-electron chi connectivity index (χ0n) is 11.4. The van der Waals surface area contributed by atoms with Crippen LogP contribution < -0.4 is 0 Å². The van der Waals surface area contributed by atoms with Gasteiger partial charge in [0.05, 0.1) is 18.4 Å². The second-order valence-corrected chi connectivity index (χ2v) is 4.46. The van der Waals surface area contributed by atoms with Crippen LogP contribution in [0.2, 0.25) is 0 Å². The minimum Gasteiger partial charge on any atom is -0.378 e. The molecular weight excluding hydrogens is 234 g/mol. The Morgan fingerprint density at radius 3 is 2.16 bits per heavy atom. The lowest BCUT2D eigenvalue weighted by Gasteiger charge is -2.11. The van der Waals surface area contributed by atoms with E-state index in [0.717, 1.165) is 11.3 Å². The molecule has 98 valence electrons. The van der Waals surface area contributed by atoms with E-state index in [1.807, 2.05) is 36.4 Å². The Kier molecular flexibility index (Phi) is 4.87. The number of hydrogen-bond acceptors (Lipinski definition) is 2. The van der Waals surface area contributed by atoms with Crippen LogP contribution in [0.25, 0.3) is 0 Å². The maximum absolute atomic E-state index is 5.26. The van der Waals surface area contributed by atoms with Gasteiger partial charge < -0.3 is 4.74 Å². The lowest BCUT2D eigenvalue weighted by Crippen LogP contribution is -2.10. The van der Waals surface area contributed by atoms with Gasteiger partial charge in [-0.15, -0.1) is 0 Å². The predicted octanol–water partition coefficient (Wildman–Crippen LogP) is 3.88. The highest BCUT2D eigenvalue weighted by molar-refractivity contribution is 6.01. The highest BCUT2D eigenvalue weighted by Crippen LogP contribution is 2.17. The van der Waals surface area contributed by atoms with Crippen LogP contribution >= 0.6 is 0 Å². The summed E-state index contributed by atoms with van der Waals surface area (Å²) in [5.41, 5.74) is 3.32. The molecule has 0 amide bonds. The summed E-state index contributed by atoms with van der Waals surface area (Å²) in [4.78, 5) is 4.80. The van der Waals surface area contributed by atoms with Gasteiger partial charge in [0.1, 0.15) is 0 Å². The predicted molar refractivity (Wildman–Crippen MR) is 79.7 cm³/mol. The number of benzene rings is 2. The van der Waals surface area contributed by atoms with Crippen LogP contribution in [0.15, 0.2) is 65.7 Å². The Balaban J connectivity index is 2.26. The molecule has 2 rings (SSSR count). The summed E-state index contributed by atoms with van der Waals surface area (Å²) in [6.45, 7) is 2.63. The van der Waals surface area contributed by atoms with Gasteiger partial charge in [-0.2, -0.15) is 0 Å². The molecule has 2 aromatic rings. The van der Waals surface area contributed by atoms with Crippen LogP contribution in [0.4, 0.5) is 0 Å². The first-order chi connectivity index (χ1) is 9.31. The molecule has 1 atom stereocenters. The third-order valence-electron chi connectivity index (χ3n) is 3.02. The Bertz CT molecular complexity index is 519. The van der Waals surface area contributed by atoms with Crippen molar-refractivity contribution in [3.63, 3.8) is 0 Å². The first-order valence-corrected chi connectivity index (χ1v) is 6.47. The summed E-state index contributed by atoms with van der Waals surface area (Å²) < 4.78 is 5.26. The van der Waals surface area contributed by atoms with E-state index < -0.39 is 0 Å². The summed E-state index contributed by atoms with van der Waals surface area (Å²) in [6.07, 6.45) is 0. The van der Waals surface area contributed by atoms with Gasteiger partial charge in [0.25, 0.3) is 0 Å². The Morgan fingerprint density at radius 2 is 1.58 bits per heavy atom. The molecule has 2 nitrogen and oxygen atoms in total. The highest BCUT2D eigenvalue weighted by Gasteiger charge is 2.07. The van der Waals surface area contributed by atoms with Crippen molar-refractivity contribution in [2.24, 2.45) is 4.99 Å². The van der Waals surface area contributed by atoms with Gasteiger partial charge in [-0.25, -0.2) is 0 Å². The van der Waals surface area contributed by atoms with E-state index in [1.54, 1.807) is 7.11 Å². The Labute approximate surface area is 114 Å². The second kappa shape index (κ2) is 6.86. The summed E-state index contributed by atoms with van der Waals surface area (Å²) in [6, 6.07) is 20.6. The van der Waals surface area contributed by atoms with E-state index in [1.165, 1.54) is 5.56 Å². The zero-order valence-corrected chi connectivity index (χ0v) is 11.4. The smallest absolute Gasteiger partial charge is 0.0886 e. The lowest BCUT2D eigenvalue weighted by molar-refractivity contribution is 0.245. The molecule has 19 heavy (non-hydrogen) atoms. The monoisotopic (exact) mass is 253 g/mol. The standard InChI is InChI=1S/C17H19NO/c1-14(15-9-5-3-6-10-15)18-17(13-19-2)16-11-7-4-8-12-16/h3-12,14H,13H2,1-2H3/t14-/m1/s1. The van der Waals surface area contributed by atoms with E-state index in [-0.39, 0.29) is 6.04 Å². The normalized spacial score (nSPS) is 13.3. The zero-order chi connectivity index (χ0) is 13.5. The number of hydrogen-bond donors (Lipinski definition) is 0. The summed E-state index contributed by atoms with van der Waals surface area (Å²) in [5.74, 6) is 0. The number of aliphatic imine (C=N–C) groups is 1. The fourth-order valence-electron chi connectivity index (χ4n) is 2.00. The van der Waals surface area contributed by atoms with E-state index in [4.69, 9.17) is 9.73 Å². The molecule has 0 heterocycles. The van der Waals surface area contributed by atoms with Crippen molar-refractivity contribution in [2.75, 3.05) is 13.7 Å². The molecular formula is C17H19NO. The molecule has 2 heteroatoms. The maximum Gasteiger partial charge on any atom is 0.0886 e. The van der Waals surface area contributed by atoms with Gasteiger partial charge in [-0.05, 0) is 18.1 Å². The van der Waals surface area contributed by atoms with Crippen LogP contribution in [0.5, 0.6) is 0 Å². The summed E-state index contributed by atoms with van der Waals surface area (Å²) in [5, 5.41) is 0. The molecule has 0 aliphatic rings. The van der Waals surface area contributed by atoms with Crippen molar-refractivity contribution >= 4 is 5.71 Å². The topological polar surface area (TPSA) is 21.6 Å². The van der Waals surface area contributed by atoms with Crippen LogP contribution in [-0.2, 0) is 4.74 Å². The van der Waals surface area contributed by atoms with E-state index in [0.29, 0.717) is 6.61 Å². The highest BCUT2D eigenvalue weighted by atomic mass is 16.5. The first-order valence-electron chi connectivity index (χ1n) is 6.47. The van der Waals surface area contributed by atoms with Gasteiger partial charge in [-0.3, -0.25) is 4.99 Å². The Hall–Kier alpha value is -1.93. The van der Waals surface area contributed by atoms with Crippen LogP contribution in [0, 0.1) is 0 Å². The van der Waals surface area contributed by atoms with Crippen molar-refractivity contribution in [3.05, 3.63) is 71.8 Å². The molecule has 0 saturated carbocycles. The van der Waals surface area contributed by atoms with Crippen LogP contribution in [0.3, 0.4) is 0 Å². The number of methoxy groups -OCH3 is 1. The molecule has 0 fully saturated rings. The average molecular weight is 253 g/mol. The van der Waals surface area contributed by atoms with E-state index >= 15 is 0 Å². The molecule has 0 aliphatic heterocycles. The van der Waals surface area contributed by atoms with E-state index in [9.17, 15) is 0 Å². The molecule has 0 unspecified atom stereocenters. The van der Waals surface area contributed by atoms with Crippen molar-refractivity contribution < 1.29 is 4.74 Å². The van der Waals surface area contributed by atoms with Gasteiger partial charge in [0, 0.05) is 7.11 Å². The van der Waals surface area contributed by atoms with Crippen LogP contribution in [-0.4, -0.2) is 19.4 Å². The molecule has 0 saturated heterocycles. The van der Waals surface area contributed by atoms with Gasteiger partial charge >= 0.3 is 0 Å². The third kappa shape index (κ3) is 3.76. The molecule has 0 bridgehead atoms. The minimum atomic E-state index is 0.131. The minimum absolute atomic E-state index is 0.131. The second-order valence-electron chi connectivity index (χ2n) is 4.46. The van der Waals surface area contributed by atoms with Crippen molar-refractivity contribution in [3.8, 4) is 0 Å². The Morgan fingerprint density at radius 1 is 1.00 bits per heavy atom. The molecule has 2 aromatic carbocycles. The SMILES string of the molecule is COCC(=N[C@H](C)c1ccccc1)c1ccccc1. The summed E-state index contributed by atoms with van der Waals surface area (Å²) in [7, 11) is 1.70. The van der Waals surface area contributed by atoms with E-state index in [2.05, 4.69) is 31.2 Å². The van der Waals surface area contributed by atoms with Gasteiger partial charge in [0.2, 0.25) is 0 Å². The molecule has 0 radical (unpaired) electrons. The largest absolute Gasteiger partial charge is 0.378 e. The van der Waals surface area contributed by atoms with Gasteiger partial charge in [-0.1, -0.05) is 60.7 Å². The average Bonchev–Trinajstić information content (AvgIpc) is 2.48.